The second-order valence-electron chi connectivity index (χ2n) is 4.85. The summed E-state index contributed by atoms with van der Waals surface area (Å²) in [5.41, 5.74) is 9.09. The number of nitrogens with zero attached hydrogens (tertiary/aromatic N) is 1. The van der Waals surface area contributed by atoms with Crippen molar-refractivity contribution in [1.29, 1.82) is 0 Å². The number of benzene rings is 1. The van der Waals surface area contributed by atoms with Gasteiger partial charge in [-0.1, -0.05) is 17.7 Å². The van der Waals surface area contributed by atoms with Gasteiger partial charge < -0.3 is 5.73 Å². The molecule has 0 atom stereocenters. The van der Waals surface area contributed by atoms with Crippen LogP contribution in [0.1, 0.15) is 22.3 Å². The summed E-state index contributed by atoms with van der Waals surface area (Å²) < 4.78 is 1.42. The van der Waals surface area contributed by atoms with Crippen molar-refractivity contribution in [2.24, 2.45) is 0 Å². The topological polar surface area (TPSA) is 80.9 Å². The number of nitrogens with two attached hydrogens (primary N) is 1. The standard InChI is InChI=1S/C14H17N3O2/c1-8-4-9(2)11(10(3)5-8)6-17-7-12(15)13(18)16-14(17)19/h4-5,7H,6,15H2,1-3H3,(H,16,18,19). The number of hydrogen-bond acceptors (Lipinski definition) is 3. The van der Waals surface area contributed by atoms with Crippen molar-refractivity contribution in [3.8, 4) is 0 Å². The van der Waals surface area contributed by atoms with Gasteiger partial charge in [-0.2, -0.15) is 0 Å². The first-order chi connectivity index (χ1) is 8.88. The molecule has 1 aromatic carbocycles. The lowest BCUT2D eigenvalue weighted by molar-refractivity contribution is 0.716. The Balaban J connectivity index is 2.51. The van der Waals surface area contributed by atoms with Crippen LogP contribution in [0.5, 0.6) is 0 Å². The average Bonchev–Trinajstić information content (AvgIpc) is 2.29. The molecule has 0 spiro atoms. The molecular formula is C14H17N3O2. The van der Waals surface area contributed by atoms with Crippen LogP contribution >= 0.6 is 0 Å². The fraction of sp³-hybridized carbons (Fsp3) is 0.286. The number of aromatic nitrogens is 2. The molecule has 19 heavy (non-hydrogen) atoms. The van der Waals surface area contributed by atoms with E-state index in [1.165, 1.54) is 16.3 Å². The molecule has 5 nitrogen and oxygen atoms in total. The van der Waals surface area contributed by atoms with Crippen molar-refractivity contribution in [1.82, 2.24) is 9.55 Å². The molecule has 5 heteroatoms. The van der Waals surface area contributed by atoms with Gasteiger partial charge in [-0.05, 0) is 37.5 Å². The quantitative estimate of drug-likeness (QED) is 0.847. The van der Waals surface area contributed by atoms with E-state index in [0.29, 0.717) is 6.54 Å². The predicted octanol–water partition coefficient (Wildman–Crippen LogP) is 1.09. The molecule has 0 saturated carbocycles. The van der Waals surface area contributed by atoms with Crippen LogP contribution in [0.15, 0.2) is 27.9 Å². The van der Waals surface area contributed by atoms with E-state index in [-0.39, 0.29) is 5.69 Å². The first-order valence-corrected chi connectivity index (χ1v) is 6.04. The zero-order chi connectivity index (χ0) is 14.2. The summed E-state index contributed by atoms with van der Waals surface area (Å²) >= 11 is 0. The second-order valence-corrected chi connectivity index (χ2v) is 4.85. The summed E-state index contributed by atoms with van der Waals surface area (Å²) in [5.74, 6) is 0. The number of nitrogens with one attached hydrogen (secondary N) is 1. The summed E-state index contributed by atoms with van der Waals surface area (Å²) in [6, 6.07) is 4.14. The van der Waals surface area contributed by atoms with Gasteiger partial charge in [0.15, 0.2) is 0 Å². The van der Waals surface area contributed by atoms with Gasteiger partial charge in [0.1, 0.15) is 5.69 Å². The Morgan fingerprint density at radius 1 is 1.16 bits per heavy atom. The Morgan fingerprint density at radius 3 is 2.32 bits per heavy atom. The molecule has 2 rings (SSSR count). The van der Waals surface area contributed by atoms with E-state index in [1.807, 2.05) is 20.8 Å². The molecule has 1 heterocycles. The Bertz CT molecular complexity index is 718. The monoisotopic (exact) mass is 259 g/mol. The predicted molar refractivity (Wildman–Crippen MR) is 75.5 cm³/mol. The summed E-state index contributed by atoms with van der Waals surface area (Å²) in [7, 11) is 0. The van der Waals surface area contributed by atoms with E-state index < -0.39 is 11.2 Å². The van der Waals surface area contributed by atoms with Crippen molar-refractivity contribution in [3.63, 3.8) is 0 Å². The van der Waals surface area contributed by atoms with Gasteiger partial charge in [0.25, 0.3) is 5.56 Å². The van der Waals surface area contributed by atoms with Gasteiger partial charge in [-0.15, -0.1) is 0 Å². The first-order valence-electron chi connectivity index (χ1n) is 6.04. The summed E-state index contributed by atoms with van der Waals surface area (Å²) in [4.78, 5) is 25.2. The molecule has 0 amide bonds. The molecule has 0 fully saturated rings. The Morgan fingerprint density at radius 2 is 1.74 bits per heavy atom. The fourth-order valence-electron chi connectivity index (χ4n) is 2.27. The Hall–Kier alpha value is -2.30. The minimum atomic E-state index is -0.543. The highest BCUT2D eigenvalue weighted by molar-refractivity contribution is 5.38. The maximum atomic E-state index is 11.7. The maximum absolute atomic E-state index is 11.7. The Kier molecular flexibility index (Phi) is 3.29. The third-order valence-corrected chi connectivity index (χ3v) is 3.21. The lowest BCUT2D eigenvalue weighted by Gasteiger charge is -2.13. The zero-order valence-electron chi connectivity index (χ0n) is 11.3. The molecule has 0 aliphatic heterocycles. The van der Waals surface area contributed by atoms with E-state index >= 15 is 0 Å². The van der Waals surface area contributed by atoms with Crippen molar-refractivity contribution < 1.29 is 0 Å². The first kappa shape index (κ1) is 13.1. The number of H-pyrrole nitrogens is 1. The number of aryl methyl sites for hydroxylation is 3. The highest BCUT2D eigenvalue weighted by Crippen LogP contribution is 2.17. The van der Waals surface area contributed by atoms with Crippen LogP contribution in [0, 0.1) is 20.8 Å². The van der Waals surface area contributed by atoms with E-state index in [1.54, 1.807) is 0 Å². The highest BCUT2D eigenvalue weighted by Gasteiger charge is 2.07. The lowest BCUT2D eigenvalue weighted by atomic mass is 10.00. The second kappa shape index (κ2) is 4.76. The van der Waals surface area contributed by atoms with Crippen LogP contribution in [-0.2, 0) is 6.54 Å². The number of rotatable bonds is 2. The van der Waals surface area contributed by atoms with Crippen molar-refractivity contribution in [3.05, 3.63) is 61.4 Å². The zero-order valence-corrected chi connectivity index (χ0v) is 11.3. The molecule has 3 N–H and O–H groups in total. The molecular weight excluding hydrogens is 242 g/mol. The SMILES string of the molecule is Cc1cc(C)c(Cn2cc(N)c(=O)[nH]c2=O)c(C)c1. The number of nitrogen functional groups attached to an aromatic ring is 1. The molecule has 0 unspecified atom stereocenters. The largest absolute Gasteiger partial charge is 0.393 e. The molecule has 0 saturated heterocycles. The Labute approximate surface area is 110 Å². The fourth-order valence-corrected chi connectivity index (χ4v) is 2.27. The molecule has 1 aromatic heterocycles. The van der Waals surface area contributed by atoms with Crippen LogP contribution in [0.2, 0.25) is 0 Å². The number of hydrogen-bond donors (Lipinski definition) is 2. The van der Waals surface area contributed by atoms with Gasteiger partial charge >= 0.3 is 5.69 Å². The molecule has 100 valence electrons. The van der Waals surface area contributed by atoms with Crippen molar-refractivity contribution in [2.75, 3.05) is 5.73 Å². The van der Waals surface area contributed by atoms with E-state index in [9.17, 15) is 9.59 Å². The van der Waals surface area contributed by atoms with Gasteiger partial charge in [0.2, 0.25) is 0 Å². The van der Waals surface area contributed by atoms with Crippen LogP contribution in [-0.4, -0.2) is 9.55 Å². The van der Waals surface area contributed by atoms with Crippen LogP contribution in [0.25, 0.3) is 0 Å². The average molecular weight is 259 g/mol. The van der Waals surface area contributed by atoms with Gasteiger partial charge in [-0.25, -0.2) is 4.79 Å². The highest BCUT2D eigenvalue weighted by atomic mass is 16.2. The van der Waals surface area contributed by atoms with E-state index in [2.05, 4.69) is 17.1 Å². The minimum absolute atomic E-state index is 0.0435. The van der Waals surface area contributed by atoms with E-state index in [4.69, 9.17) is 5.73 Å². The van der Waals surface area contributed by atoms with Crippen LogP contribution in [0.4, 0.5) is 5.69 Å². The summed E-state index contributed by atoms with van der Waals surface area (Å²) in [5, 5.41) is 0. The van der Waals surface area contributed by atoms with Crippen LogP contribution in [0.3, 0.4) is 0 Å². The normalized spacial score (nSPS) is 10.7. The van der Waals surface area contributed by atoms with Crippen molar-refractivity contribution in [2.45, 2.75) is 27.3 Å². The van der Waals surface area contributed by atoms with Gasteiger partial charge in [0.05, 0.1) is 6.54 Å². The molecule has 2 aromatic rings. The molecule has 0 bridgehead atoms. The number of aromatic amines is 1. The van der Waals surface area contributed by atoms with Gasteiger partial charge in [0, 0.05) is 6.20 Å². The number of anilines is 1. The van der Waals surface area contributed by atoms with Gasteiger partial charge in [-0.3, -0.25) is 14.3 Å². The lowest BCUT2D eigenvalue weighted by Crippen LogP contribution is -2.31. The third kappa shape index (κ3) is 2.59. The molecule has 0 radical (unpaired) electrons. The molecule has 0 aliphatic rings. The maximum Gasteiger partial charge on any atom is 0.328 e. The molecule has 0 aliphatic carbocycles. The van der Waals surface area contributed by atoms with Crippen molar-refractivity contribution >= 4 is 5.69 Å². The van der Waals surface area contributed by atoms with Crippen LogP contribution < -0.4 is 17.0 Å². The summed E-state index contributed by atoms with van der Waals surface area (Å²) in [6.45, 7) is 6.45. The smallest absolute Gasteiger partial charge is 0.328 e. The summed E-state index contributed by atoms with van der Waals surface area (Å²) in [6.07, 6.45) is 1.39. The van der Waals surface area contributed by atoms with E-state index in [0.717, 1.165) is 16.7 Å². The third-order valence-electron chi connectivity index (χ3n) is 3.21. The minimum Gasteiger partial charge on any atom is -0.393 e.